The van der Waals surface area contributed by atoms with Crippen LogP contribution in [0.4, 0.5) is 0 Å². The van der Waals surface area contributed by atoms with Gasteiger partial charge in [-0.25, -0.2) is 8.42 Å². The van der Waals surface area contributed by atoms with Crippen molar-refractivity contribution in [1.82, 2.24) is 0 Å². The molecule has 0 spiro atoms. The van der Waals surface area contributed by atoms with Crippen LogP contribution in [-0.2, 0) is 9.84 Å². The van der Waals surface area contributed by atoms with Gasteiger partial charge in [0.05, 0.1) is 4.75 Å². The molecule has 0 aliphatic rings. The summed E-state index contributed by atoms with van der Waals surface area (Å²) in [7, 11) is -2.94. The molecule has 0 fully saturated rings. The Morgan fingerprint density at radius 2 is 1.73 bits per heavy atom. The molecule has 0 radical (unpaired) electrons. The largest absolute Gasteiger partial charge is 0.330 e. The maximum Gasteiger partial charge on any atom is 0.152 e. The molecule has 5 heteroatoms. The zero-order chi connectivity index (χ0) is 8.41. The lowest BCUT2D eigenvalue weighted by molar-refractivity contribution is 0.536. The first kappa shape index (κ1) is 13.8. The van der Waals surface area contributed by atoms with Crippen LogP contribution in [0.5, 0.6) is 0 Å². The van der Waals surface area contributed by atoms with E-state index in [4.69, 9.17) is 5.73 Å². The molecule has 0 saturated heterocycles. The molecule has 0 saturated carbocycles. The van der Waals surface area contributed by atoms with Crippen LogP contribution in [-0.4, -0.2) is 26.0 Å². The molecule has 3 nitrogen and oxygen atoms in total. The first-order valence-corrected chi connectivity index (χ1v) is 5.10. The minimum Gasteiger partial charge on any atom is -0.330 e. The summed E-state index contributed by atoms with van der Waals surface area (Å²) in [5.74, 6) is 0. The molecule has 0 aliphatic heterocycles. The number of nitrogens with two attached hydrogens (primary N) is 1. The van der Waals surface area contributed by atoms with Crippen molar-refractivity contribution in [2.24, 2.45) is 5.73 Å². The van der Waals surface area contributed by atoms with Gasteiger partial charge in [-0.15, -0.1) is 12.4 Å². The second kappa shape index (κ2) is 4.28. The molecule has 0 aliphatic carbocycles. The summed E-state index contributed by atoms with van der Waals surface area (Å²) in [6, 6.07) is 0. The molecule has 0 atom stereocenters. The lowest BCUT2D eigenvalue weighted by Crippen LogP contribution is -2.33. The molecular formula is C6H16ClNO2S. The van der Waals surface area contributed by atoms with E-state index in [1.54, 1.807) is 13.8 Å². The average Bonchev–Trinajstić information content (AvgIpc) is 1.61. The topological polar surface area (TPSA) is 60.2 Å². The first-order valence-electron chi connectivity index (χ1n) is 3.21. The van der Waals surface area contributed by atoms with Crippen LogP contribution >= 0.6 is 12.4 Å². The molecule has 0 bridgehead atoms. The Hall–Kier alpha value is 0.200. The summed E-state index contributed by atoms with van der Waals surface area (Å²) in [5.41, 5.74) is 5.25. The Bertz CT molecular complexity index is 199. The molecule has 0 aromatic carbocycles. The Balaban J connectivity index is 0. The average molecular weight is 202 g/mol. The highest BCUT2D eigenvalue weighted by Crippen LogP contribution is 2.17. The molecule has 0 rings (SSSR count). The summed E-state index contributed by atoms with van der Waals surface area (Å²) >= 11 is 0. The van der Waals surface area contributed by atoms with E-state index in [0.29, 0.717) is 13.0 Å². The van der Waals surface area contributed by atoms with Crippen molar-refractivity contribution in [3.05, 3.63) is 0 Å². The van der Waals surface area contributed by atoms with E-state index >= 15 is 0 Å². The summed E-state index contributed by atoms with van der Waals surface area (Å²) in [6.45, 7) is 3.80. The predicted octanol–water partition coefficient (Wildman–Crippen LogP) is 0.580. The predicted molar refractivity (Wildman–Crippen MR) is 49.8 cm³/mol. The molecule has 0 heterocycles. The number of hydrogen-bond acceptors (Lipinski definition) is 3. The van der Waals surface area contributed by atoms with Crippen LogP contribution < -0.4 is 5.73 Å². The second-order valence-electron chi connectivity index (χ2n) is 3.07. The molecular weight excluding hydrogens is 186 g/mol. The standard InChI is InChI=1S/C6H15NO2S.ClH/c1-6(2,4-5-7)10(3,8)9;/h4-5,7H2,1-3H3;1H. The molecule has 0 unspecified atom stereocenters. The van der Waals surface area contributed by atoms with Crippen LogP contribution in [0.15, 0.2) is 0 Å². The Morgan fingerprint density at radius 1 is 1.36 bits per heavy atom. The zero-order valence-electron chi connectivity index (χ0n) is 7.12. The van der Waals surface area contributed by atoms with Crippen molar-refractivity contribution < 1.29 is 8.42 Å². The van der Waals surface area contributed by atoms with Crippen molar-refractivity contribution in [1.29, 1.82) is 0 Å². The number of hydrogen-bond donors (Lipinski definition) is 1. The van der Waals surface area contributed by atoms with E-state index in [0.717, 1.165) is 0 Å². The van der Waals surface area contributed by atoms with Gasteiger partial charge >= 0.3 is 0 Å². The van der Waals surface area contributed by atoms with Crippen LogP contribution in [0.25, 0.3) is 0 Å². The van der Waals surface area contributed by atoms with Gasteiger partial charge in [0.1, 0.15) is 0 Å². The lowest BCUT2D eigenvalue weighted by atomic mass is 10.1. The first-order chi connectivity index (χ1) is 4.31. The van der Waals surface area contributed by atoms with E-state index in [9.17, 15) is 8.42 Å². The summed E-state index contributed by atoms with van der Waals surface area (Å²) < 4.78 is 21.3. The molecule has 0 aromatic rings. The Kier molecular flexibility index (Phi) is 5.36. The highest BCUT2D eigenvalue weighted by Gasteiger charge is 2.28. The highest BCUT2D eigenvalue weighted by atomic mass is 35.5. The van der Waals surface area contributed by atoms with E-state index in [-0.39, 0.29) is 12.4 Å². The van der Waals surface area contributed by atoms with Crippen LogP contribution in [0.2, 0.25) is 0 Å². The Labute approximate surface area is 74.7 Å². The maximum atomic E-state index is 11.0. The van der Waals surface area contributed by atoms with Gasteiger partial charge in [-0.2, -0.15) is 0 Å². The van der Waals surface area contributed by atoms with Gasteiger partial charge < -0.3 is 5.73 Å². The van der Waals surface area contributed by atoms with E-state index < -0.39 is 14.6 Å². The van der Waals surface area contributed by atoms with Crippen molar-refractivity contribution in [2.75, 3.05) is 12.8 Å². The third-order valence-electron chi connectivity index (χ3n) is 1.75. The quantitative estimate of drug-likeness (QED) is 0.727. The van der Waals surface area contributed by atoms with Crippen LogP contribution in [0, 0.1) is 0 Å². The highest BCUT2D eigenvalue weighted by molar-refractivity contribution is 7.92. The third kappa shape index (κ3) is 3.94. The molecule has 0 aromatic heterocycles. The van der Waals surface area contributed by atoms with E-state index in [1.165, 1.54) is 6.26 Å². The van der Waals surface area contributed by atoms with E-state index in [2.05, 4.69) is 0 Å². The Morgan fingerprint density at radius 3 is 1.82 bits per heavy atom. The van der Waals surface area contributed by atoms with Gasteiger partial charge in [0.25, 0.3) is 0 Å². The van der Waals surface area contributed by atoms with E-state index in [1.807, 2.05) is 0 Å². The fraction of sp³-hybridized carbons (Fsp3) is 1.00. The summed E-state index contributed by atoms with van der Waals surface area (Å²) in [4.78, 5) is 0. The van der Waals surface area contributed by atoms with Crippen molar-refractivity contribution in [3.8, 4) is 0 Å². The fourth-order valence-electron chi connectivity index (χ4n) is 0.533. The van der Waals surface area contributed by atoms with Crippen molar-refractivity contribution >= 4 is 22.2 Å². The number of sulfone groups is 1. The SMILES string of the molecule is CC(C)(CCN)S(C)(=O)=O.Cl. The van der Waals surface area contributed by atoms with Crippen molar-refractivity contribution in [2.45, 2.75) is 25.0 Å². The molecule has 2 N–H and O–H groups in total. The maximum absolute atomic E-state index is 11.0. The molecule has 70 valence electrons. The number of halogens is 1. The van der Waals surface area contributed by atoms with Crippen molar-refractivity contribution in [3.63, 3.8) is 0 Å². The molecule has 0 amide bonds. The minimum atomic E-state index is -2.94. The summed E-state index contributed by atoms with van der Waals surface area (Å²) in [6.07, 6.45) is 1.76. The van der Waals surface area contributed by atoms with Gasteiger partial charge in [0, 0.05) is 6.26 Å². The monoisotopic (exact) mass is 201 g/mol. The second-order valence-corrected chi connectivity index (χ2v) is 5.72. The van der Waals surface area contributed by atoms with Crippen LogP contribution in [0.1, 0.15) is 20.3 Å². The van der Waals surface area contributed by atoms with Gasteiger partial charge in [0.2, 0.25) is 0 Å². The zero-order valence-corrected chi connectivity index (χ0v) is 8.76. The minimum absolute atomic E-state index is 0. The smallest absolute Gasteiger partial charge is 0.152 e. The normalized spacial score (nSPS) is 12.4. The number of rotatable bonds is 3. The van der Waals surface area contributed by atoms with Gasteiger partial charge in [-0.05, 0) is 26.8 Å². The lowest BCUT2D eigenvalue weighted by Gasteiger charge is -2.20. The van der Waals surface area contributed by atoms with Crippen LogP contribution in [0.3, 0.4) is 0 Å². The van der Waals surface area contributed by atoms with Gasteiger partial charge in [0.15, 0.2) is 9.84 Å². The summed E-state index contributed by atoms with van der Waals surface area (Å²) in [5, 5.41) is 0. The molecule has 11 heavy (non-hydrogen) atoms. The van der Waals surface area contributed by atoms with Gasteiger partial charge in [-0.1, -0.05) is 0 Å². The van der Waals surface area contributed by atoms with Gasteiger partial charge in [-0.3, -0.25) is 0 Å². The third-order valence-corrected chi connectivity index (χ3v) is 3.96. The fourth-order valence-corrected chi connectivity index (χ4v) is 1.02.